The Balaban J connectivity index is 2.06. The summed E-state index contributed by atoms with van der Waals surface area (Å²) in [7, 11) is -1.50. The van der Waals surface area contributed by atoms with Gasteiger partial charge >= 0.3 is 0 Å². The second-order valence-corrected chi connectivity index (χ2v) is 8.98. The molecule has 2 rings (SSSR count). The minimum atomic E-state index is -3.36. The van der Waals surface area contributed by atoms with Crippen molar-refractivity contribution in [1.82, 2.24) is 10.0 Å². The van der Waals surface area contributed by atoms with E-state index in [9.17, 15) is 8.42 Å². The maximum atomic E-state index is 12.3. The van der Waals surface area contributed by atoms with E-state index in [1.54, 1.807) is 6.07 Å². The number of rotatable bonds is 6. The number of aryl methyl sites for hydroxylation is 1. The summed E-state index contributed by atoms with van der Waals surface area (Å²) >= 11 is 1.53. The number of nitrogens with one attached hydrogen (secondary N) is 2. The van der Waals surface area contributed by atoms with Gasteiger partial charge in [0.15, 0.2) is 0 Å². The predicted molar refractivity (Wildman–Crippen MR) is 78.9 cm³/mol. The zero-order valence-corrected chi connectivity index (χ0v) is 13.5. The maximum Gasteiger partial charge on any atom is 0.241 e. The van der Waals surface area contributed by atoms with Crippen molar-refractivity contribution in [1.29, 1.82) is 0 Å². The van der Waals surface area contributed by atoms with Crippen LogP contribution in [-0.4, -0.2) is 22.0 Å². The molecule has 2 N–H and O–H groups in total. The monoisotopic (exact) mass is 302 g/mol. The van der Waals surface area contributed by atoms with Crippen LogP contribution >= 0.6 is 11.3 Å². The van der Waals surface area contributed by atoms with Gasteiger partial charge in [0.05, 0.1) is 4.90 Å². The summed E-state index contributed by atoms with van der Waals surface area (Å²) in [5.74, 6) is 0.470. The topological polar surface area (TPSA) is 58.2 Å². The first-order chi connectivity index (χ1) is 8.76. The fourth-order valence-corrected chi connectivity index (χ4v) is 4.99. The van der Waals surface area contributed by atoms with Gasteiger partial charge in [0, 0.05) is 22.8 Å². The highest BCUT2D eigenvalue weighted by atomic mass is 32.2. The van der Waals surface area contributed by atoms with E-state index in [-0.39, 0.29) is 0 Å². The van der Waals surface area contributed by atoms with Crippen molar-refractivity contribution in [2.75, 3.05) is 13.6 Å². The molecule has 0 bridgehead atoms. The van der Waals surface area contributed by atoms with Crippen LogP contribution in [0.3, 0.4) is 0 Å². The van der Waals surface area contributed by atoms with Crippen LogP contribution in [-0.2, 0) is 16.6 Å². The van der Waals surface area contributed by atoms with Crippen LogP contribution in [0.2, 0.25) is 0 Å². The Morgan fingerprint density at radius 1 is 1.47 bits per heavy atom. The molecule has 1 aliphatic carbocycles. The van der Waals surface area contributed by atoms with Crippen LogP contribution < -0.4 is 10.0 Å². The van der Waals surface area contributed by atoms with Crippen molar-refractivity contribution in [2.45, 2.75) is 38.6 Å². The van der Waals surface area contributed by atoms with Crippen molar-refractivity contribution in [3.05, 3.63) is 15.8 Å². The highest BCUT2D eigenvalue weighted by molar-refractivity contribution is 7.89. The molecule has 0 amide bonds. The number of thiophene rings is 1. The normalized spacial score (nSPS) is 21.6. The largest absolute Gasteiger partial charge is 0.315 e. The minimum absolute atomic E-state index is 0.295. The third-order valence-corrected chi connectivity index (χ3v) is 6.53. The molecule has 1 aromatic heterocycles. The lowest BCUT2D eigenvalue weighted by atomic mass is 10.1. The van der Waals surface area contributed by atoms with Gasteiger partial charge in [-0.3, -0.25) is 0 Å². The van der Waals surface area contributed by atoms with E-state index >= 15 is 0 Å². The van der Waals surface area contributed by atoms with Crippen molar-refractivity contribution >= 4 is 21.4 Å². The standard InChI is InChI=1S/C13H22N2O2S2/c1-9-12(5-11(18-9)8-14-4)19(16,17)15-7-10-6-13(10,2)3/h5,10,14-15H,6-8H2,1-4H3. The van der Waals surface area contributed by atoms with Crippen molar-refractivity contribution in [2.24, 2.45) is 11.3 Å². The molecule has 1 heterocycles. The summed E-state index contributed by atoms with van der Waals surface area (Å²) in [6.07, 6.45) is 1.10. The number of sulfonamides is 1. The van der Waals surface area contributed by atoms with Gasteiger partial charge in [0.2, 0.25) is 10.0 Å². The Labute approximate surface area is 119 Å². The van der Waals surface area contributed by atoms with E-state index < -0.39 is 10.0 Å². The molecule has 0 aromatic carbocycles. The van der Waals surface area contributed by atoms with E-state index in [1.165, 1.54) is 11.3 Å². The van der Waals surface area contributed by atoms with E-state index in [0.717, 1.165) is 16.2 Å². The van der Waals surface area contributed by atoms with Gasteiger partial charge < -0.3 is 5.32 Å². The van der Waals surface area contributed by atoms with E-state index in [4.69, 9.17) is 0 Å². The molecule has 4 nitrogen and oxygen atoms in total. The van der Waals surface area contributed by atoms with Gasteiger partial charge in [-0.05, 0) is 37.8 Å². The Morgan fingerprint density at radius 3 is 2.63 bits per heavy atom. The van der Waals surface area contributed by atoms with Gasteiger partial charge in [-0.25, -0.2) is 13.1 Å². The van der Waals surface area contributed by atoms with Crippen LogP contribution in [0.1, 0.15) is 30.0 Å². The molecule has 1 aliphatic rings. The quantitative estimate of drug-likeness (QED) is 0.846. The summed E-state index contributed by atoms with van der Waals surface area (Å²) in [6.45, 7) is 7.46. The maximum absolute atomic E-state index is 12.3. The molecule has 1 fully saturated rings. The number of hydrogen-bond acceptors (Lipinski definition) is 4. The van der Waals surface area contributed by atoms with Gasteiger partial charge in [0.1, 0.15) is 0 Å². The molecule has 6 heteroatoms. The molecule has 1 unspecified atom stereocenters. The Hall–Kier alpha value is -0.430. The molecule has 1 aromatic rings. The molecule has 108 valence electrons. The Bertz CT molecular complexity index is 561. The van der Waals surface area contributed by atoms with Gasteiger partial charge in [-0.2, -0.15) is 0 Å². The van der Waals surface area contributed by atoms with Crippen LogP contribution in [0.5, 0.6) is 0 Å². The summed E-state index contributed by atoms with van der Waals surface area (Å²) in [5, 5.41) is 3.04. The number of hydrogen-bond donors (Lipinski definition) is 2. The summed E-state index contributed by atoms with van der Waals surface area (Å²) < 4.78 is 27.3. The van der Waals surface area contributed by atoms with Crippen LogP contribution in [0.4, 0.5) is 0 Å². The fourth-order valence-electron chi connectivity index (χ4n) is 2.27. The lowest BCUT2D eigenvalue weighted by Gasteiger charge is -2.07. The van der Waals surface area contributed by atoms with Crippen LogP contribution in [0.25, 0.3) is 0 Å². The van der Waals surface area contributed by atoms with Crippen molar-refractivity contribution in [3.63, 3.8) is 0 Å². The Kier molecular flexibility index (Phi) is 4.07. The summed E-state index contributed by atoms with van der Waals surface area (Å²) in [5.41, 5.74) is 0.295. The fraction of sp³-hybridized carbons (Fsp3) is 0.692. The molecule has 0 saturated heterocycles. The van der Waals surface area contributed by atoms with E-state index in [1.807, 2.05) is 14.0 Å². The van der Waals surface area contributed by atoms with Crippen LogP contribution in [0, 0.1) is 18.3 Å². The van der Waals surface area contributed by atoms with Crippen molar-refractivity contribution < 1.29 is 8.42 Å². The van der Waals surface area contributed by atoms with E-state index in [0.29, 0.717) is 29.3 Å². The lowest BCUT2D eigenvalue weighted by Crippen LogP contribution is -2.27. The molecule has 0 aliphatic heterocycles. The lowest BCUT2D eigenvalue weighted by molar-refractivity contribution is 0.537. The smallest absolute Gasteiger partial charge is 0.241 e. The van der Waals surface area contributed by atoms with Crippen molar-refractivity contribution in [3.8, 4) is 0 Å². The van der Waals surface area contributed by atoms with Gasteiger partial charge in [-0.1, -0.05) is 13.8 Å². The summed E-state index contributed by atoms with van der Waals surface area (Å²) in [6, 6.07) is 1.77. The summed E-state index contributed by atoms with van der Waals surface area (Å²) in [4.78, 5) is 2.33. The highest BCUT2D eigenvalue weighted by Gasteiger charge is 2.45. The minimum Gasteiger partial charge on any atom is -0.315 e. The highest BCUT2D eigenvalue weighted by Crippen LogP contribution is 2.51. The molecule has 19 heavy (non-hydrogen) atoms. The molecule has 0 spiro atoms. The Morgan fingerprint density at radius 2 is 2.11 bits per heavy atom. The molecule has 0 radical (unpaired) electrons. The van der Waals surface area contributed by atoms with E-state index in [2.05, 4.69) is 23.9 Å². The average Bonchev–Trinajstić information content (AvgIpc) is 2.72. The first-order valence-electron chi connectivity index (χ1n) is 6.50. The predicted octanol–water partition coefficient (Wildman–Crippen LogP) is 2.10. The first kappa shape index (κ1) is 15.0. The third kappa shape index (κ3) is 3.37. The third-order valence-electron chi connectivity index (χ3n) is 3.80. The molecule has 1 atom stereocenters. The zero-order chi connectivity index (χ0) is 14.3. The average molecular weight is 302 g/mol. The molecular weight excluding hydrogens is 280 g/mol. The first-order valence-corrected chi connectivity index (χ1v) is 8.80. The molecular formula is C13H22N2O2S2. The molecule has 1 saturated carbocycles. The van der Waals surface area contributed by atoms with Gasteiger partial charge in [-0.15, -0.1) is 11.3 Å². The van der Waals surface area contributed by atoms with Gasteiger partial charge in [0.25, 0.3) is 0 Å². The SMILES string of the molecule is CNCc1cc(S(=O)(=O)NCC2CC2(C)C)c(C)s1. The zero-order valence-electron chi connectivity index (χ0n) is 11.9. The second kappa shape index (κ2) is 5.16. The second-order valence-electron chi connectivity index (χ2n) is 5.91. The van der Waals surface area contributed by atoms with Crippen LogP contribution in [0.15, 0.2) is 11.0 Å².